The number of alkyl halides is 2. The molecule has 0 N–H and O–H groups in total. The highest BCUT2D eigenvalue weighted by Gasteiger charge is 2.32. The minimum Gasteiger partial charge on any atom is -0.332 e. The fourth-order valence-electron chi connectivity index (χ4n) is 2.89. The van der Waals surface area contributed by atoms with Crippen molar-refractivity contribution in [3.8, 4) is 0 Å². The zero-order valence-electron chi connectivity index (χ0n) is 12.5. The molecule has 0 saturated heterocycles. The minimum absolute atomic E-state index is 0.116. The lowest BCUT2D eigenvalue weighted by atomic mass is 9.95. The number of aromatic nitrogens is 2. The van der Waals surface area contributed by atoms with Crippen molar-refractivity contribution < 1.29 is 18.0 Å². The SMILES string of the molecule is Cn1ncc2c1CN(C(=O)CC(c1ccccc1F)C(F)F)C2. The van der Waals surface area contributed by atoms with Gasteiger partial charge in [-0.05, 0) is 11.6 Å². The first kappa shape index (κ1) is 15.6. The Morgan fingerprint density at radius 3 is 2.70 bits per heavy atom. The molecule has 4 nitrogen and oxygen atoms in total. The van der Waals surface area contributed by atoms with E-state index in [0.29, 0.717) is 13.1 Å². The molecule has 0 fully saturated rings. The Hall–Kier alpha value is -2.31. The van der Waals surface area contributed by atoms with Crippen molar-refractivity contribution in [1.29, 1.82) is 0 Å². The standard InChI is InChI=1S/C16H16F3N3O/c1-21-14-9-22(8-10(14)7-20-21)15(23)6-12(16(18)19)11-4-2-3-5-13(11)17/h2-5,7,12,16H,6,8-9H2,1H3. The summed E-state index contributed by atoms with van der Waals surface area (Å²) in [5.74, 6) is -2.56. The highest BCUT2D eigenvalue weighted by Crippen LogP contribution is 2.31. The average Bonchev–Trinajstić information content (AvgIpc) is 3.08. The number of aryl methyl sites for hydroxylation is 1. The van der Waals surface area contributed by atoms with E-state index in [-0.39, 0.29) is 5.56 Å². The lowest BCUT2D eigenvalue weighted by Crippen LogP contribution is -2.29. The van der Waals surface area contributed by atoms with Gasteiger partial charge in [-0.15, -0.1) is 0 Å². The van der Waals surface area contributed by atoms with Crippen LogP contribution in [-0.2, 0) is 24.9 Å². The summed E-state index contributed by atoms with van der Waals surface area (Å²) >= 11 is 0. The fourth-order valence-corrected chi connectivity index (χ4v) is 2.89. The van der Waals surface area contributed by atoms with Crippen LogP contribution in [0, 0.1) is 5.82 Å². The molecule has 0 spiro atoms. The van der Waals surface area contributed by atoms with Gasteiger partial charge in [0.2, 0.25) is 12.3 Å². The number of nitrogens with zero attached hydrogens (tertiary/aromatic N) is 3. The van der Waals surface area contributed by atoms with Gasteiger partial charge in [0.05, 0.1) is 24.4 Å². The van der Waals surface area contributed by atoms with Gasteiger partial charge in [0.25, 0.3) is 0 Å². The van der Waals surface area contributed by atoms with Crippen molar-refractivity contribution in [3.05, 3.63) is 53.1 Å². The third-order valence-electron chi connectivity index (χ3n) is 4.21. The maximum atomic E-state index is 13.8. The number of benzene rings is 1. The summed E-state index contributed by atoms with van der Waals surface area (Å²) in [6.45, 7) is 0.702. The molecular weight excluding hydrogens is 307 g/mol. The van der Waals surface area contributed by atoms with Crippen molar-refractivity contribution in [3.63, 3.8) is 0 Å². The van der Waals surface area contributed by atoms with Crippen molar-refractivity contribution in [2.24, 2.45) is 7.05 Å². The van der Waals surface area contributed by atoms with Crippen LogP contribution in [0.2, 0.25) is 0 Å². The van der Waals surface area contributed by atoms with E-state index in [9.17, 15) is 18.0 Å². The number of halogens is 3. The predicted octanol–water partition coefficient (Wildman–Crippen LogP) is 2.84. The van der Waals surface area contributed by atoms with Crippen LogP contribution in [0.3, 0.4) is 0 Å². The molecule has 2 heterocycles. The quantitative estimate of drug-likeness (QED) is 0.868. The fraction of sp³-hybridized carbons (Fsp3) is 0.375. The highest BCUT2D eigenvalue weighted by molar-refractivity contribution is 5.78. The molecule has 23 heavy (non-hydrogen) atoms. The normalized spacial score (nSPS) is 15.1. The monoisotopic (exact) mass is 323 g/mol. The molecule has 0 radical (unpaired) electrons. The second-order valence-corrected chi connectivity index (χ2v) is 5.66. The summed E-state index contributed by atoms with van der Waals surface area (Å²) in [5, 5.41) is 4.09. The van der Waals surface area contributed by atoms with Crippen LogP contribution in [0.5, 0.6) is 0 Å². The summed E-state index contributed by atoms with van der Waals surface area (Å²) < 4.78 is 42.1. The summed E-state index contributed by atoms with van der Waals surface area (Å²) in [6, 6.07) is 5.37. The van der Waals surface area contributed by atoms with Gasteiger partial charge in [-0.1, -0.05) is 18.2 Å². The minimum atomic E-state index is -2.80. The van der Waals surface area contributed by atoms with Crippen molar-refractivity contribution in [1.82, 2.24) is 14.7 Å². The van der Waals surface area contributed by atoms with E-state index in [4.69, 9.17) is 0 Å². The second-order valence-electron chi connectivity index (χ2n) is 5.66. The van der Waals surface area contributed by atoms with E-state index < -0.39 is 30.5 Å². The first-order valence-corrected chi connectivity index (χ1v) is 7.27. The zero-order chi connectivity index (χ0) is 16.6. The van der Waals surface area contributed by atoms with Gasteiger partial charge in [0.15, 0.2) is 0 Å². The van der Waals surface area contributed by atoms with Crippen LogP contribution in [-0.4, -0.2) is 27.0 Å². The second kappa shape index (κ2) is 6.06. The number of amides is 1. The first-order valence-electron chi connectivity index (χ1n) is 7.27. The largest absolute Gasteiger partial charge is 0.332 e. The van der Waals surface area contributed by atoms with Gasteiger partial charge in [0.1, 0.15) is 5.82 Å². The lowest BCUT2D eigenvalue weighted by molar-refractivity contribution is -0.133. The Labute approximate surface area is 131 Å². The summed E-state index contributed by atoms with van der Waals surface area (Å²) in [4.78, 5) is 13.9. The number of fused-ring (bicyclic) bond motifs is 1. The summed E-state index contributed by atoms with van der Waals surface area (Å²) in [7, 11) is 1.77. The molecule has 122 valence electrons. The van der Waals surface area contributed by atoms with Gasteiger partial charge in [0, 0.05) is 25.6 Å². The molecule has 2 aromatic rings. The number of rotatable bonds is 4. The van der Waals surface area contributed by atoms with E-state index in [0.717, 1.165) is 17.3 Å². The average molecular weight is 323 g/mol. The number of carbonyl (C=O) groups excluding carboxylic acids is 1. The first-order chi connectivity index (χ1) is 11.0. The van der Waals surface area contributed by atoms with Crippen LogP contribution >= 0.6 is 0 Å². The molecule has 0 bridgehead atoms. The van der Waals surface area contributed by atoms with Gasteiger partial charge < -0.3 is 4.90 Å². The van der Waals surface area contributed by atoms with Crippen LogP contribution in [0.15, 0.2) is 30.5 Å². The molecule has 3 rings (SSSR count). The third-order valence-corrected chi connectivity index (χ3v) is 4.21. The zero-order valence-corrected chi connectivity index (χ0v) is 12.5. The smallest absolute Gasteiger partial charge is 0.246 e. The number of hydrogen-bond donors (Lipinski definition) is 0. The molecule has 0 saturated carbocycles. The Kier molecular flexibility index (Phi) is 4.11. The van der Waals surface area contributed by atoms with Gasteiger partial charge in [-0.25, -0.2) is 13.2 Å². The summed E-state index contributed by atoms with van der Waals surface area (Å²) in [5.41, 5.74) is 1.70. The Bertz CT molecular complexity index is 729. The van der Waals surface area contributed by atoms with Crippen molar-refractivity contribution in [2.45, 2.75) is 31.9 Å². The predicted molar refractivity (Wildman–Crippen MR) is 77.2 cm³/mol. The Morgan fingerprint density at radius 1 is 1.30 bits per heavy atom. The van der Waals surface area contributed by atoms with E-state index in [2.05, 4.69) is 5.10 Å². The molecule has 1 aromatic carbocycles. The molecule has 1 aromatic heterocycles. The molecule has 1 atom stereocenters. The van der Waals surface area contributed by atoms with Crippen LogP contribution in [0.4, 0.5) is 13.2 Å². The summed E-state index contributed by atoms with van der Waals surface area (Å²) in [6.07, 6.45) is -1.55. The van der Waals surface area contributed by atoms with Crippen LogP contribution in [0.1, 0.15) is 29.2 Å². The van der Waals surface area contributed by atoms with Gasteiger partial charge in [-0.3, -0.25) is 9.48 Å². The van der Waals surface area contributed by atoms with Crippen molar-refractivity contribution >= 4 is 5.91 Å². The Morgan fingerprint density at radius 2 is 2.04 bits per heavy atom. The molecule has 1 aliphatic rings. The lowest BCUT2D eigenvalue weighted by Gasteiger charge is -2.21. The topological polar surface area (TPSA) is 38.1 Å². The number of carbonyl (C=O) groups is 1. The molecule has 1 amide bonds. The van der Waals surface area contributed by atoms with Crippen LogP contribution < -0.4 is 0 Å². The van der Waals surface area contributed by atoms with Crippen molar-refractivity contribution in [2.75, 3.05) is 0 Å². The highest BCUT2D eigenvalue weighted by atomic mass is 19.3. The van der Waals surface area contributed by atoms with Crippen LogP contribution in [0.25, 0.3) is 0 Å². The molecule has 7 heteroatoms. The van der Waals surface area contributed by atoms with E-state index in [1.165, 1.54) is 23.1 Å². The molecule has 0 aliphatic carbocycles. The Balaban J connectivity index is 1.74. The molecule has 1 aliphatic heterocycles. The maximum absolute atomic E-state index is 13.8. The van der Waals surface area contributed by atoms with E-state index in [1.807, 2.05) is 0 Å². The van der Waals surface area contributed by atoms with Gasteiger partial charge >= 0.3 is 0 Å². The molecular formula is C16H16F3N3O. The third kappa shape index (κ3) is 2.95. The maximum Gasteiger partial charge on any atom is 0.246 e. The number of hydrogen-bond acceptors (Lipinski definition) is 2. The van der Waals surface area contributed by atoms with E-state index in [1.54, 1.807) is 17.9 Å². The van der Waals surface area contributed by atoms with E-state index >= 15 is 0 Å². The van der Waals surface area contributed by atoms with Gasteiger partial charge in [-0.2, -0.15) is 5.10 Å². The molecule has 1 unspecified atom stereocenters.